The summed E-state index contributed by atoms with van der Waals surface area (Å²) in [6.45, 7) is 4.69. The van der Waals surface area contributed by atoms with Gasteiger partial charge in [0.1, 0.15) is 0 Å². The maximum atomic E-state index is 11.5. The number of nitrogens with two attached hydrogens (primary N) is 1. The highest BCUT2D eigenvalue weighted by atomic mass is 16.2. The van der Waals surface area contributed by atoms with Crippen LogP contribution in [0.15, 0.2) is 0 Å². The Labute approximate surface area is 86.0 Å². The van der Waals surface area contributed by atoms with E-state index >= 15 is 0 Å². The Bertz CT molecular complexity index is 196. The van der Waals surface area contributed by atoms with Crippen molar-refractivity contribution < 1.29 is 4.79 Å². The number of urea groups is 1. The molecule has 0 aromatic carbocycles. The first-order chi connectivity index (χ1) is 6.65. The van der Waals surface area contributed by atoms with Gasteiger partial charge < -0.3 is 15.5 Å². The predicted octanol–water partition coefficient (Wildman–Crippen LogP) is 0.871. The standard InChI is InChI=1S/C10H21N3O/c1-3-9(11)5-4-6-13-8-7-12(2)10(13)14/h9H,3-8,11H2,1-2H3. The van der Waals surface area contributed by atoms with Gasteiger partial charge in [-0.2, -0.15) is 0 Å². The van der Waals surface area contributed by atoms with E-state index in [1.165, 1.54) is 0 Å². The second-order valence-corrected chi connectivity index (χ2v) is 4.00. The summed E-state index contributed by atoms with van der Waals surface area (Å²) in [6.07, 6.45) is 3.06. The van der Waals surface area contributed by atoms with Crippen LogP contribution in [-0.2, 0) is 0 Å². The third-order valence-corrected chi connectivity index (χ3v) is 2.83. The molecule has 0 aromatic heterocycles. The zero-order valence-corrected chi connectivity index (χ0v) is 9.20. The van der Waals surface area contributed by atoms with Crippen molar-refractivity contribution in [3.63, 3.8) is 0 Å². The van der Waals surface area contributed by atoms with Crippen LogP contribution in [0.4, 0.5) is 4.79 Å². The SMILES string of the molecule is CCC(N)CCCN1CCN(C)C1=O. The zero-order valence-electron chi connectivity index (χ0n) is 9.20. The van der Waals surface area contributed by atoms with E-state index < -0.39 is 0 Å². The van der Waals surface area contributed by atoms with Crippen LogP contribution in [0.2, 0.25) is 0 Å². The van der Waals surface area contributed by atoms with E-state index in [0.29, 0.717) is 6.04 Å². The second kappa shape index (κ2) is 5.20. The van der Waals surface area contributed by atoms with Crippen LogP contribution in [0.1, 0.15) is 26.2 Å². The second-order valence-electron chi connectivity index (χ2n) is 4.00. The molecule has 0 saturated carbocycles. The largest absolute Gasteiger partial charge is 0.328 e. The summed E-state index contributed by atoms with van der Waals surface area (Å²) >= 11 is 0. The molecule has 0 aromatic rings. The van der Waals surface area contributed by atoms with Gasteiger partial charge in [-0.25, -0.2) is 4.79 Å². The summed E-state index contributed by atoms with van der Waals surface area (Å²) in [7, 11) is 1.85. The molecule has 0 spiro atoms. The number of rotatable bonds is 5. The number of nitrogens with zero attached hydrogens (tertiary/aromatic N) is 2. The lowest BCUT2D eigenvalue weighted by molar-refractivity contribution is 0.197. The van der Waals surface area contributed by atoms with E-state index in [1.807, 2.05) is 11.9 Å². The maximum absolute atomic E-state index is 11.5. The Hall–Kier alpha value is -0.770. The molecule has 1 aliphatic heterocycles. The summed E-state index contributed by atoms with van der Waals surface area (Å²) < 4.78 is 0. The van der Waals surface area contributed by atoms with Crippen molar-refractivity contribution >= 4 is 6.03 Å². The van der Waals surface area contributed by atoms with Gasteiger partial charge in [0.05, 0.1) is 0 Å². The molecule has 4 heteroatoms. The van der Waals surface area contributed by atoms with E-state index in [0.717, 1.165) is 38.9 Å². The highest BCUT2D eigenvalue weighted by Gasteiger charge is 2.24. The van der Waals surface area contributed by atoms with Crippen LogP contribution in [-0.4, -0.2) is 48.6 Å². The molecule has 4 nitrogen and oxygen atoms in total. The predicted molar refractivity (Wildman–Crippen MR) is 57.1 cm³/mol. The van der Waals surface area contributed by atoms with Crippen LogP contribution >= 0.6 is 0 Å². The summed E-state index contributed by atoms with van der Waals surface area (Å²) in [6, 6.07) is 0.459. The molecule has 0 radical (unpaired) electrons. The quantitative estimate of drug-likeness (QED) is 0.714. The van der Waals surface area contributed by atoms with Crippen molar-refractivity contribution in [1.29, 1.82) is 0 Å². The molecule has 0 aliphatic carbocycles. The van der Waals surface area contributed by atoms with E-state index in [9.17, 15) is 4.79 Å². The molecular weight excluding hydrogens is 178 g/mol. The highest BCUT2D eigenvalue weighted by molar-refractivity contribution is 5.76. The number of carbonyl (C=O) groups excluding carboxylic acids is 1. The van der Waals surface area contributed by atoms with Crippen LogP contribution in [0.25, 0.3) is 0 Å². The lowest BCUT2D eigenvalue weighted by atomic mass is 10.1. The number of hydrogen-bond donors (Lipinski definition) is 1. The number of hydrogen-bond acceptors (Lipinski definition) is 2. The minimum Gasteiger partial charge on any atom is -0.328 e. The smallest absolute Gasteiger partial charge is 0.319 e. The molecule has 2 N–H and O–H groups in total. The minimum absolute atomic E-state index is 0.162. The molecule has 1 saturated heterocycles. The van der Waals surface area contributed by atoms with Crippen LogP contribution in [0.5, 0.6) is 0 Å². The van der Waals surface area contributed by atoms with E-state index in [-0.39, 0.29) is 6.03 Å². The van der Waals surface area contributed by atoms with E-state index in [1.54, 1.807) is 4.90 Å². The molecule has 82 valence electrons. The Morgan fingerprint density at radius 3 is 2.71 bits per heavy atom. The van der Waals surface area contributed by atoms with Gasteiger partial charge in [-0.1, -0.05) is 6.92 Å². The summed E-state index contributed by atoms with van der Waals surface area (Å²) in [5.41, 5.74) is 5.81. The van der Waals surface area contributed by atoms with Crippen molar-refractivity contribution in [2.75, 3.05) is 26.7 Å². The number of likely N-dealkylation sites (N-methyl/N-ethyl adjacent to an activating group) is 1. The molecule has 0 bridgehead atoms. The minimum atomic E-state index is 0.162. The molecule has 1 rings (SSSR count). The fourth-order valence-corrected chi connectivity index (χ4v) is 1.66. The van der Waals surface area contributed by atoms with Gasteiger partial charge in [0, 0.05) is 32.7 Å². The van der Waals surface area contributed by atoms with E-state index in [4.69, 9.17) is 5.73 Å². The summed E-state index contributed by atoms with van der Waals surface area (Å²) in [4.78, 5) is 15.1. The molecule has 2 amide bonds. The maximum Gasteiger partial charge on any atom is 0.319 e. The zero-order chi connectivity index (χ0) is 10.6. The van der Waals surface area contributed by atoms with Crippen LogP contribution in [0, 0.1) is 0 Å². The van der Waals surface area contributed by atoms with E-state index in [2.05, 4.69) is 6.92 Å². The Morgan fingerprint density at radius 1 is 1.50 bits per heavy atom. The van der Waals surface area contributed by atoms with Gasteiger partial charge in [0.25, 0.3) is 0 Å². The van der Waals surface area contributed by atoms with Crippen LogP contribution < -0.4 is 5.73 Å². The highest BCUT2D eigenvalue weighted by Crippen LogP contribution is 2.08. The molecule has 1 unspecified atom stereocenters. The number of carbonyl (C=O) groups is 1. The van der Waals surface area contributed by atoms with Crippen molar-refractivity contribution in [1.82, 2.24) is 9.80 Å². The van der Waals surface area contributed by atoms with Gasteiger partial charge >= 0.3 is 6.03 Å². The molecule has 14 heavy (non-hydrogen) atoms. The first-order valence-corrected chi connectivity index (χ1v) is 5.40. The van der Waals surface area contributed by atoms with Gasteiger partial charge in [0.15, 0.2) is 0 Å². The third-order valence-electron chi connectivity index (χ3n) is 2.83. The van der Waals surface area contributed by atoms with Crippen molar-refractivity contribution in [2.24, 2.45) is 5.73 Å². The van der Waals surface area contributed by atoms with Gasteiger partial charge in [-0.15, -0.1) is 0 Å². The third kappa shape index (κ3) is 2.87. The van der Waals surface area contributed by atoms with Gasteiger partial charge in [-0.05, 0) is 19.3 Å². The lowest BCUT2D eigenvalue weighted by Crippen LogP contribution is -2.31. The van der Waals surface area contributed by atoms with Crippen molar-refractivity contribution in [3.05, 3.63) is 0 Å². The topological polar surface area (TPSA) is 49.6 Å². The monoisotopic (exact) mass is 199 g/mol. The Kier molecular flexibility index (Phi) is 4.20. The average Bonchev–Trinajstić information content (AvgIpc) is 2.49. The fourth-order valence-electron chi connectivity index (χ4n) is 1.66. The Morgan fingerprint density at radius 2 is 2.21 bits per heavy atom. The Balaban J connectivity index is 2.16. The normalized spacial score (nSPS) is 19.2. The van der Waals surface area contributed by atoms with Gasteiger partial charge in [0.2, 0.25) is 0 Å². The van der Waals surface area contributed by atoms with Crippen LogP contribution in [0.3, 0.4) is 0 Å². The first-order valence-electron chi connectivity index (χ1n) is 5.40. The van der Waals surface area contributed by atoms with Crippen molar-refractivity contribution in [2.45, 2.75) is 32.2 Å². The summed E-state index contributed by atoms with van der Waals surface area (Å²) in [5, 5.41) is 0. The molecule has 1 fully saturated rings. The fraction of sp³-hybridized carbons (Fsp3) is 0.900. The van der Waals surface area contributed by atoms with Gasteiger partial charge in [-0.3, -0.25) is 0 Å². The molecular formula is C10H21N3O. The number of amides is 2. The van der Waals surface area contributed by atoms with Crippen molar-refractivity contribution in [3.8, 4) is 0 Å². The lowest BCUT2D eigenvalue weighted by Gasteiger charge is -2.16. The summed E-state index contributed by atoms with van der Waals surface area (Å²) in [5.74, 6) is 0. The molecule has 1 aliphatic rings. The first kappa shape index (κ1) is 11.3. The molecule has 1 atom stereocenters. The molecule has 1 heterocycles. The average molecular weight is 199 g/mol.